The number of hydrogen-bond acceptors (Lipinski definition) is 5. The number of hydrogen-bond donors (Lipinski definition) is 1. The molecule has 1 aromatic heterocycles. The second-order valence-electron chi connectivity index (χ2n) is 5.63. The fourth-order valence-corrected chi connectivity index (χ4v) is 3.11. The minimum Gasteiger partial charge on any atom is -0.441 e. The predicted molar refractivity (Wildman–Crippen MR) is 106 cm³/mol. The number of nitrogens with zero attached hydrogens (tertiary/aromatic N) is 2. The molecule has 1 aliphatic rings. The van der Waals surface area contributed by atoms with Gasteiger partial charge in [-0.15, -0.1) is 36.6 Å². The summed E-state index contributed by atoms with van der Waals surface area (Å²) in [6.45, 7) is 7.25. The zero-order valence-corrected chi connectivity index (χ0v) is 16.5. The Labute approximate surface area is 160 Å². The Kier molecular flexibility index (Phi) is 9.16. The van der Waals surface area contributed by atoms with E-state index < -0.39 is 0 Å². The molecule has 0 bridgehead atoms. The van der Waals surface area contributed by atoms with Gasteiger partial charge in [0, 0.05) is 30.1 Å². The van der Waals surface area contributed by atoms with E-state index in [1.165, 1.54) is 11.3 Å². The van der Waals surface area contributed by atoms with Crippen LogP contribution in [0.5, 0.6) is 0 Å². The SMILES string of the molecule is CSc1ccc(-c2nc(CN3CCCNCC3)c(C)o2)cc1.Cl.Cl. The van der Waals surface area contributed by atoms with Gasteiger partial charge >= 0.3 is 0 Å². The molecule has 0 spiro atoms. The van der Waals surface area contributed by atoms with E-state index in [4.69, 9.17) is 9.40 Å². The molecule has 0 saturated carbocycles. The van der Waals surface area contributed by atoms with E-state index in [2.05, 4.69) is 40.7 Å². The summed E-state index contributed by atoms with van der Waals surface area (Å²) < 4.78 is 5.89. The van der Waals surface area contributed by atoms with Gasteiger partial charge in [-0.3, -0.25) is 4.90 Å². The summed E-state index contributed by atoms with van der Waals surface area (Å²) in [6.07, 6.45) is 3.28. The lowest BCUT2D eigenvalue weighted by Crippen LogP contribution is -2.28. The topological polar surface area (TPSA) is 41.3 Å². The van der Waals surface area contributed by atoms with Gasteiger partial charge in [0.15, 0.2) is 0 Å². The summed E-state index contributed by atoms with van der Waals surface area (Å²) in [7, 11) is 0. The van der Waals surface area contributed by atoms with Crippen molar-refractivity contribution in [1.82, 2.24) is 15.2 Å². The number of thioether (sulfide) groups is 1. The molecule has 3 rings (SSSR count). The fourth-order valence-electron chi connectivity index (χ4n) is 2.70. The molecule has 1 fully saturated rings. The molecule has 1 saturated heterocycles. The lowest BCUT2D eigenvalue weighted by molar-refractivity contribution is 0.280. The van der Waals surface area contributed by atoms with Gasteiger partial charge in [-0.05, 0) is 57.0 Å². The molecule has 4 nitrogen and oxygen atoms in total. The van der Waals surface area contributed by atoms with E-state index in [-0.39, 0.29) is 24.8 Å². The van der Waals surface area contributed by atoms with Crippen molar-refractivity contribution in [3.05, 3.63) is 35.7 Å². The first-order valence-electron chi connectivity index (χ1n) is 7.80. The standard InChI is InChI=1S/C17H23N3OS.2ClH/c1-13-16(12-20-10-3-8-18-9-11-20)19-17(21-13)14-4-6-15(22-2)7-5-14;;/h4-7,18H,3,8-12H2,1-2H3;2*1H. The first-order valence-corrected chi connectivity index (χ1v) is 9.02. The highest BCUT2D eigenvalue weighted by Crippen LogP contribution is 2.25. The molecule has 1 aromatic carbocycles. The van der Waals surface area contributed by atoms with Crippen molar-refractivity contribution in [2.24, 2.45) is 0 Å². The molecule has 0 unspecified atom stereocenters. The largest absolute Gasteiger partial charge is 0.441 e. The van der Waals surface area contributed by atoms with Crippen LogP contribution in [-0.4, -0.2) is 42.3 Å². The highest BCUT2D eigenvalue weighted by Gasteiger charge is 2.16. The Balaban J connectivity index is 0.00000144. The second-order valence-corrected chi connectivity index (χ2v) is 6.51. The lowest BCUT2D eigenvalue weighted by atomic mass is 10.2. The molecule has 0 radical (unpaired) electrons. The van der Waals surface area contributed by atoms with Gasteiger partial charge in [-0.25, -0.2) is 4.98 Å². The molecule has 0 atom stereocenters. The summed E-state index contributed by atoms with van der Waals surface area (Å²) in [5.41, 5.74) is 2.11. The maximum Gasteiger partial charge on any atom is 0.226 e. The average molecular weight is 390 g/mol. The Bertz CT molecular complexity index is 611. The Hall–Kier alpha value is -0.720. The molecular formula is C17H25Cl2N3OS. The first kappa shape index (κ1) is 21.3. The average Bonchev–Trinajstić information content (AvgIpc) is 2.75. The molecule has 0 amide bonds. The van der Waals surface area contributed by atoms with E-state index in [1.54, 1.807) is 11.8 Å². The van der Waals surface area contributed by atoms with Crippen LogP contribution >= 0.6 is 36.6 Å². The van der Waals surface area contributed by atoms with Crippen LogP contribution in [0, 0.1) is 6.92 Å². The maximum absolute atomic E-state index is 5.89. The minimum absolute atomic E-state index is 0. The third-order valence-corrected chi connectivity index (χ3v) is 4.78. The normalized spacial score (nSPS) is 15.2. The highest BCUT2D eigenvalue weighted by atomic mass is 35.5. The molecule has 24 heavy (non-hydrogen) atoms. The van der Waals surface area contributed by atoms with Crippen molar-refractivity contribution in [1.29, 1.82) is 0 Å². The molecule has 134 valence electrons. The van der Waals surface area contributed by atoms with Gasteiger partial charge in [0.25, 0.3) is 0 Å². The summed E-state index contributed by atoms with van der Waals surface area (Å²) in [6, 6.07) is 8.38. The Morgan fingerprint density at radius 2 is 1.92 bits per heavy atom. The van der Waals surface area contributed by atoms with Crippen LogP contribution in [0.2, 0.25) is 0 Å². The minimum atomic E-state index is 0. The van der Waals surface area contributed by atoms with E-state index in [9.17, 15) is 0 Å². The van der Waals surface area contributed by atoms with Crippen LogP contribution in [-0.2, 0) is 6.54 Å². The number of nitrogens with one attached hydrogen (secondary N) is 1. The number of rotatable bonds is 4. The van der Waals surface area contributed by atoms with Crippen LogP contribution in [0.3, 0.4) is 0 Å². The van der Waals surface area contributed by atoms with Gasteiger partial charge in [0.05, 0.1) is 5.69 Å². The van der Waals surface area contributed by atoms with Gasteiger partial charge in [0.2, 0.25) is 5.89 Å². The van der Waals surface area contributed by atoms with Crippen molar-refractivity contribution in [2.45, 2.75) is 24.8 Å². The summed E-state index contributed by atoms with van der Waals surface area (Å²) in [5, 5.41) is 3.43. The van der Waals surface area contributed by atoms with Crippen molar-refractivity contribution in [3.63, 3.8) is 0 Å². The zero-order valence-electron chi connectivity index (χ0n) is 14.1. The third kappa shape index (κ3) is 5.39. The fraction of sp³-hybridized carbons (Fsp3) is 0.471. The molecule has 2 heterocycles. The zero-order chi connectivity index (χ0) is 15.4. The monoisotopic (exact) mass is 389 g/mol. The molecule has 2 aromatic rings. The second kappa shape index (κ2) is 10.3. The number of aromatic nitrogens is 1. The molecule has 0 aliphatic carbocycles. The molecular weight excluding hydrogens is 365 g/mol. The lowest BCUT2D eigenvalue weighted by Gasteiger charge is -2.17. The highest BCUT2D eigenvalue weighted by molar-refractivity contribution is 7.98. The van der Waals surface area contributed by atoms with Crippen LogP contribution in [0.4, 0.5) is 0 Å². The van der Waals surface area contributed by atoms with Gasteiger partial charge in [0.1, 0.15) is 5.76 Å². The van der Waals surface area contributed by atoms with Crippen molar-refractivity contribution in [3.8, 4) is 11.5 Å². The van der Waals surface area contributed by atoms with Gasteiger partial charge in [-0.2, -0.15) is 0 Å². The Morgan fingerprint density at radius 3 is 2.62 bits per heavy atom. The van der Waals surface area contributed by atoms with E-state index in [0.717, 1.165) is 55.6 Å². The summed E-state index contributed by atoms with van der Waals surface area (Å²) in [4.78, 5) is 8.43. The van der Waals surface area contributed by atoms with Gasteiger partial charge < -0.3 is 9.73 Å². The van der Waals surface area contributed by atoms with Gasteiger partial charge in [-0.1, -0.05) is 0 Å². The number of halogens is 2. The number of oxazole rings is 1. The molecule has 1 N–H and O–H groups in total. The van der Waals surface area contributed by atoms with Crippen molar-refractivity contribution in [2.75, 3.05) is 32.4 Å². The summed E-state index contributed by atoms with van der Waals surface area (Å²) in [5.74, 6) is 1.66. The summed E-state index contributed by atoms with van der Waals surface area (Å²) >= 11 is 1.74. The van der Waals surface area contributed by atoms with E-state index in [0.29, 0.717) is 0 Å². The van der Waals surface area contributed by atoms with E-state index in [1.807, 2.05) is 6.92 Å². The quantitative estimate of drug-likeness (QED) is 0.799. The third-order valence-electron chi connectivity index (χ3n) is 4.04. The van der Waals surface area contributed by atoms with Crippen LogP contribution < -0.4 is 5.32 Å². The number of benzene rings is 1. The Morgan fingerprint density at radius 1 is 1.17 bits per heavy atom. The molecule has 7 heteroatoms. The number of aryl methyl sites for hydroxylation is 1. The van der Waals surface area contributed by atoms with Crippen LogP contribution in [0.25, 0.3) is 11.5 Å². The predicted octanol–water partition coefficient (Wildman–Crippen LogP) is 4.01. The van der Waals surface area contributed by atoms with Crippen molar-refractivity contribution < 1.29 is 4.42 Å². The maximum atomic E-state index is 5.89. The van der Waals surface area contributed by atoms with Crippen LogP contribution in [0.1, 0.15) is 17.9 Å². The van der Waals surface area contributed by atoms with E-state index >= 15 is 0 Å². The smallest absolute Gasteiger partial charge is 0.226 e. The van der Waals surface area contributed by atoms with Crippen LogP contribution in [0.15, 0.2) is 33.6 Å². The first-order chi connectivity index (χ1) is 10.8. The van der Waals surface area contributed by atoms with Crippen molar-refractivity contribution >= 4 is 36.6 Å². The molecule has 1 aliphatic heterocycles.